The number of imide groups is 1. The van der Waals surface area contributed by atoms with E-state index in [1.54, 1.807) is 12.1 Å². The molecule has 1 aliphatic rings. The lowest BCUT2D eigenvalue weighted by atomic mass is 10.1. The number of anilines is 1. The first-order valence-corrected chi connectivity index (χ1v) is 6.65. The molecule has 0 saturated heterocycles. The minimum Gasteiger partial charge on any atom is -0.482 e. The molecule has 7 heteroatoms. The number of amides is 2. The second-order valence-corrected chi connectivity index (χ2v) is 4.86. The number of carbonyl (C=O) groups is 2. The summed E-state index contributed by atoms with van der Waals surface area (Å²) < 4.78 is 41.8. The van der Waals surface area contributed by atoms with E-state index in [0.29, 0.717) is 0 Å². The molecule has 0 N–H and O–H groups in total. The highest BCUT2D eigenvalue weighted by Gasteiger charge is 2.38. The number of ether oxygens (including phenoxy) is 1. The standard InChI is InChI=1S/C16H10F3NO3/c17-16(18,19)9-23-13-8-4-3-7-12(13)20-14(21)10-5-1-2-6-11(10)15(20)22/h1-8H,9H2. The lowest BCUT2D eigenvalue weighted by Crippen LogP contribution is -2.30. The first-order chi connectivity index (χ1) is 10.9. The van der Waals surface area contributed by atoms with Crippen LogP contribution < -0.4 is 9.64 Å². The molecule has 0 aromatic heterocycles. The molecule has 0 unspecified atom stereocenters. The quantitative estimate of drug-likeness (QED) is 0.814. The van der Waals surface area contributed by atoms with Crippen molar-refractivity contribution in [3.05, 3.63) is 59.7 Å². The zero-order chi connectivity index (χ0) is 16.6. The van der Waals surface area contributed by atoms with Gasteiger partial charge in [0.2, 0.25) is 0 Å². The van der Waals surface area contributed by atoms with Crippen molar-refractivity contribution in [2.75, 3.05) is 11.5 Å². The van der Waals surface area contributed by atoms with Gasteiger partial charge in [0.15, 0.2) is 6.61 Å². The van der Waals surface area contributed by atoms with Gasteiger partial charge in [-0.05, 0) is 24.3 Å². The summed E-state index contributed by atoms with van der Waals surface area (Å²) in [5.74, 6) is -1.36. The molecule has 23 heavy (non-hydrogen) atoms. The molecule has 0 saturated carbocycles. The van der Waals surface area contributed by atoms with Gasteiger partial charge in [-0.15, -0.1) is 0 Å². The van der Waals surface area contributed by atoms with Crippen LogP contribution in [-0.4, -0.2) is 24.6 Å². The summed E-state index contributed by atoms with van der Waals surface area (Å²) in [5.41, 5.74) is 0.411. The molecule has 1 aliphatic heterocycles. The summed E-state index contributed by atoms with van der Waals surface area (Å²) in [6.07, 6.45) is -4.52. The van der Waals surface area contributed by atoms with Crippen LogP contribution in [0.5, 0.6) is 5.75 Å². The molecule has 0 bridgehead atoms. The van der Waals surface area contributed by atoms with E-state index in [9.17, 15) is 22.8 Å². The maximum Gasteiger partial charge on any atom is 0.422 e. The Labute approximate surface area is 129 Å². The zero-order valence-corrected chi connectivity index (χ0v) is 11.6. The number of hydrogen-bond donors (Lipinski definition) is 0. The molecule has 0 fully saturated rings. The molecule has 0 aliphatic carbocycles. The molecule has 1 heterocycles. The Morgan fingerprint density at radius 1 is 0.870 bits per heavy atom. The Kier molecular flexibility index (Phi) is 3.55. The molecule has 3 rings (SSSR count). The molecule has 4 nitrogen and oxygen atoms in total. The smallest absolute Gasteiger partial charge is 0.422 e. The number of nitrogens with zero attached hydrogens (tertiary/aromatic N) is 1. The largest absolute Gasteiger partial charge is 0.482 e. The molecule has 118 valence electrons. The minimum atomic E-state index is -4.52. The van der Waals surface area contributed by atoms with E-state index in [0.717, 1.165) is 4.90 Å². The van der Waals surface area contributed by atoms with Crippen molar-refractivity contribution in [1.82, 2.24) is 0 Å². The second kappa shape index (κ2) is 5.42. The van der Waals surface area contributed by atoms with Crippen molar-refractivity contribution in [2.24, 2.45) is 0 Å². The van der Waals surface area contributed by atoms with Gasteiger partial charge in [-0.25, -0.2) is 4.90 Å². The molecule has 2 aromatic carbocycles. The van der Waals surface area contributed by atoms with Gasteiger partial charge in [0.05, 0.1) is 16.8 Å². The fourth-order valence-electron chi connectivity index (χ4n) is 2.33. The van der Waals surface area contributed by atoms with Crippen LogP contribution in [0.2, 0.25) is 0 Å². The van der Waals surface area contributed by atoms with Gasteiger partial charge in [-0.2, -0.15) is 13.2 Å². The zero-order valence-electron chi connectivity index (χ0n) is 11.6. The van der Waals surface area contributed by atoms with Crippen molar-refractivity contribution < 1.29 is 27.5 Å². The number of para-hydroxylation sites is 2. The number of fused-ring (bicyclic) bond motifs is 1. The Morgan fingerprint density at radius 2 is 1.39 bits per heavy atom. The van der Waals surface area contributed by atoms with E-state index in [2.05, 4.69) is 0 Å². The number of hydrogen-bond acceptors (Lipinski definition) is 3. The molecule has 2 aromatic rings. The average Bonchev–Trinajstić information content (AvgIpc) is 2.77. The highest BCUT2D eigenvalue weighted by molar-refractivity contribution is 6.34. The van der Waals surface area contributed by atoms with E-state index >= 15 is 0 Å². The van der Waals surface area contributed by atoms with Crippen molar-refractivity contribution in [2.45, 2.75) is 6.18 Å². The predicted octanol–water partition coefficient (Wildman–Crippen LogP) is 3.43. The Balaban J connectivity index is 1.98. The van der Waals surface area contributed by atoms with Crippen LogP contribution in [0.1, 0.15) is 20.7 Å². The van der Waals surface area contributed by atoms with E-state index < -0.39 is 24.6 Å². The fraction of sp³-hybridized carbons (Fsp3) is 0.125. The third-order valence-electron chi connectivity index (χ3n) is 3.29. The van der Waals surface area contributed by atoms with E-state index in [-0.39, 0.29) is 22.6 Å². The molecule has 0 atom stereocenters. The highest BCUT2D eigenvalue weighted by atomic mass is 19.4. The minimum absolute atomic E-state index is 0.0112. The van der Waals surface area contributed by atoms with Crippen LogP contribution in [0.3, 0.4) is 0 Å². The van der Waals surface area contributed by atoms with Gasteiger partial charge in [0, 0.05) is 0 Å². The van der Waals surface area contributed by atoms with Crippen molar-refractivity contribution in [1.29, 1.82) is 0 Å². The monoisotopic (exact) mass is 321 g/mol. The third kappa shape index (κ3) is 2.77. The van der Waals surface area contributed by atoms with Crippen LogP contribution in [0.4, 0.5) is 18.9 Å². The van der Waals surface area contributed by atoms with Gasteiger partial charge in [-0.3, -0.25) is 9.59 Å². The molecule has 2 amide bonds. The highest BCUT2D eigenvalue weighted by Crippen LogP contribution is 2.35. The summed E-state index contributed by atoms with van der Waals surface area (Å²) >= 11 is 0. The average molecular weight is 321 g/mol. The van der Waals surface area contributed by atoms with Crippen LogP contribution in [-0.2, 0) is 0 Å². The Morgan fingerprint density at radius 3 is 1.96 bits per heavy atom. The van der Waals surface area contributed by atoms with Gasteiger partial charge < -0.3 is 4.74 Å². The molecule has 0 spiro atoms. The fourth-order valence-corrected chi connectivity index (χ4v) is 2.33. The number of rotatable bonds is 3. The van der Waals surface area contributed by atoms with Crippen LogP contribution >= 0.6 is 0 Å². The van der Waals surface area contributed by atoms with Crippen molar-refractivity contribution in [3.8, 4) is 5.75 Å². The molecular formula is C16H10F3NO3. The Hall–Kier alpha value is -2.83. The maximum atomic E-state index is 12.4. The molecule has 0 radical (unpaired) electrons. The van der Waals surface area contributed by atoms with E-state index in [1.165, 1.54) is 36.4 Å². The van der Waals surface area contributed by atoms with E-state index in [4.69, 9.17) is 4.74 Å². The molecular weight excluding hydrogens is 311 g/mol. The van der Waals surface area contributed by atoms with Crippen LogP contribution in [0, 0.1) is 0 Å². The first kappa shape index (κ1) is 15.1. The summed E-state index contributed by atoms with van der Waals surface area (Å²) in [7, 11) is 0. The predicted molar refractivity (Wildman–Crippen MR) is 75.6 cm³/mol. The third-order valence-corrected chi connectivity index (χ3v) is 3.29. The normalized spacial score (nSPS) is 14.1. The topological polar surface area (TPSA) is 46.6 Å². The SMILES string of the molecule is O=C1c2ccccc2C(=O)N1c1ccccc1OCC(F)(F)F. The van der Waals surface area contributed by atoms with E-state index in [1.807, 2.05) is 0 Å². The van der Waals surface area contributed by atoms with Crippen LogP contribution in [0.15, 0.2) is 48.5 Å². The maximum absolute atomic E-state index is 12.4. The number of carbonyl (C=O) groups excluding carboxylic acids is 2. The first-order valence-electron chi connectivity index (χ1n) is 6.65. The summed E-state index contributed by atoms with van der Waals surface area (Å²) in [6, 6.07) is 11.8. The van der Waals surface area contributed by atoms with Gasteiger partial charge in [0.1, 0.15) is 5.75 Å². The van der Waals surface area contributed by atoms with Gasteiger partial charge >= 0.3 is 6.18 Å². The van der Waals surface area contributed by atoms with Crippen molar-refractivity contribution in [3.63, 3.8) is 0 Å². The lowest BCUT2D eigenvalue weighted by molar-refractivity contribution is -0.153. The summed E-state index contributed by atoms with van der Waals surface area (Å²) in [6.45, 7) is -1.51. The number of benzene rings is 2. The number of halogens is 3. The van der Waals surface area contributed by atoms with Crippen molar-refractivity contribution >= 4 is 17.5 Å². The lowest BCUT2D eigenvalue weighted by Gasteiger charge is -2.18. The Bertz CT molecular complexity index is 751. The van der Waals surface area contributed by atoms with Crippen LogP contribution in [0.25, 0.3) is 0 Å². The summed E-state index contributed by atoms with van der Waals surface area (Å²) in [4.78, 5) is 25.6. The van der Waals surface area contributed by atoms with Gasteiger partial charge in [-0.1, -0.05) is 24.3 Å². The summed E-state index contributed by atoms with van der Waals surface area (Å²) in [5, 5.41) is 0. The number of alkyl halides is 3. The van der Waals surface area contributed by atoms with Gasteiger partial charge in [0.25, 0.3) is 11.8 Å². The second-order valence-electron chi connectivity index (χ2n) is 4.86.